The summed E-state index contributed by atoms with van der Waals surface area (Å²) in [7, 11) is 0. The van der Waals surface area contributed by atoms with E-state index in [1.165, 1.54) is 37.7 Å². The molecule has 1 aliphatic rings. The number of rotatable bonds is 4. The third-order valence-corrected chi connectivity index (χ3v) is 5.92. The van der Waals surface area contributed by atoms with Gasteiger partial charge >= 0.3 is 0 Å². The van der Waals surface area contributed by atoms with Crippen LogP contribution in [-0.4, -0.2) is 17.8 Å². The first-order valence-corrected chi connectivity index (χ1v) is 9.02. The van der Waals surface area contributed by atoms with Gasteiger partial charge in [0.2, 0.25) is 0 Å². The fourth-order valence-corrected chi connectivity index (χ4v) is 4.31. The van der Waals surface area contributed by atoms with Gasteiger partial charge in [0.25, 0.3) is 5.91 Å². The molecule has 1 aliphatic carbocycles. The van der Waals surface area contributed by atoms with Gasteiger partial charge in [-0.2, -0.15) is 0 Å². The number of hydrogen-bond donors (Lipinski definition) is 1. The molecule has 2 rings (SSSR count). The van der Waals surface area contributed by atoms with Crippen molar-refractivity contribution in [3.8, 4) is 0 Å². The molecule has 3 heteroatoms. The zero-order valence-corrected chi connectivity index (χ0v) is 15.0. The third kappa shape index (κ3) is 3.88. The second-order valence-electron chi connectivity index (χ2n) is 6.65. The number of aryl methyl sites for hydroxylation is 3. The van der Waals surface area contributed by atoms with Crippen molar-refractivity contribution in [1.82, 2.24) is 5.32 Å². The van der Waals surface area contributed by atoms with Gasteiger partial charge in [0.05, 0.1) is 0 Å². The molecule has 0 aromatic heterocycles. The smallest absolute Gasteiger partial charge is 0.251 e. The monoisotopic (exact) mass is 351 g/mol. The number of carbonyl (C=O) groups excluding carboxylic acids is 1. The van der Waals surface area contributed by atoms with Gasteiger partial charge in [0.1, 0.15) is 0 Å². The van der Waals surface area contributed by atoms with E-state index in [9.17, 15) is 4.79 Å². The summed E-state index contributed by atoms with van der Waals surface area (Å²) in [5, 5.41) is 4.17. The third-order valence-electron chi connectivity index (χ3n) is 4.73. The van der Waals surface area contributed by atoms with Crippen molar-refractivity contribution in [3.63, 3.8) is 0 Å². The quantitative estimate of drug-likeness (QED) is 0.783. The Labute approximate surface area is 136 Å². The van der Waals surface area contributed by atoms with Crippen LogP contribution in [0, 0.1) is 26.2 Å². The van der Waals surface area contributed by atoms with E-state index in [2.05, 4.69) is 40.3 Å². The molecule has 0 bridgehead atoms. The molecule has 1 N–H and O–H groups in total. The molecule has 1 fully saturated rings. The van der Waals surface area contributed by atoms with Gasteiger partial charge < -0.3 is 5.32 Å². The van der Waals surface area contributed by atoms with Crippen molar-refractivity contribution >= 4 is 21.8 Å². The minimum Gasteiger partial charge on any atom is -0.351 e. The number of hydrogen-bond acceptors (Lipinski definition) is 1. The molecule has 0 heterocycles. The van der Waals surface area contributed by atoms with Gasteiger partial charge in [-0.1, -0.05) is 52.9 Å². The highest BCUT2D eigenvalue weighted by Gasteiger charge is 2.31. The van der Waals surface area contributed by atoms with E-state index in [4.69, 9.17) is 0 Å². The van der Waals surface area contributed by atoms with Crippen LogP contribution in [-0.2, 0) is 0 Å². The van der Waals surface area contributed by atoms with E-state index in [0.29, 0.717) is 0 Å². The van der Waals surface area contributed by atoms with Gasteiger partial charge in [-0.3, -0.25) is 4.79 Å². The summed E-state index contributed by atoms with van der Waals surface area (Å²) in [5.74, 6) is 0.0795. The van der Waals surface area contributed by atoms with E-state index in [1.807, 2.05) is 13.8 Å². The predicted molar refractivity (Wildman–Crippen MR) is 92.3 cm³/mol. The summed E-state index contributed by atoms with van der Waals surface area (Å²) in [6, 6.07) is 4.17. The molecular weight excluding hydrogens is 326 g/mol. The van der Waals surface area contributed by atoms with Crippen molar-refractivity contribution in [3.05, 3.63) is 34.4 Å². The zero-order chi connectivity index (χ0) is 15.5. The molecular formula is C18H26BrNO. The van der Waals surface area contributed by atoms with Crippen LogP contribution in [0.2, 0.25) is 0 Å². The molecule has 2 nitrogen and oxygen atoms in total. The summed E-state index contributed by atoms with van der Waals surface area (Å²) in [6.45, 7) is 6.90. The fourth-order valence-electron chi connectivity index (χ4n) is 3.55. The molecule has 0 saturated heterocycles. The average molecular weight is 352 g/mol. The lowest BCUT2D eigenvalue weighted by molar-refractivity contribution is 0.0920. The van der Waals surface area contributed by atoms with Crippen LogP contribution in [0.1, 0.15) is 59.2 Å². The van der Waals surface area contributed by atoms with Crippen LogP contribution in [0.4, 0.5) is 0 Å². The Hall–Kier alpha value is -0.830. The van der Waals surface area contributed by atoms with E-state index >= 15 is 0 Å². The van der Waals surface area contributed by atoms with Gasteiger partial charge in [-0.15, -0.1) is 0 Å². The Morgan fingerprint density at radius 2 is 1.71 bits per heavy atom. The Bertz CT molecular complexity index is 495. The lowest BCUT2D eigenvalue weighted by Crippen LogP contribution is -2.40. The number of carbonyl (C=O) groups is 1. The summed E-state index contributed by atoms with van der Waals surface area (Å²) in [5.41, 5.74) is 4.45. The molecule has 0 aliphatic heterocycles. The SMILES string of the molecule is Cc1cc(C)c(C(=O)NCC2(CBr)CCCCC2)c(C)c1. The summed E-state index contributed by atoms with van der Waals surface area (Å²) in [4.78, 5) is 12.6. The molecule has 1 amide bonds. The van der Waals surface area contributed by atoms with Crippen molar-refractivity contribution in [1.29, 1.82) is 0 Å². The van der Waals surface area contributed by atoms with Gasteiger partial charge in [0.15, 0.2) is 0 Å². The number of nitrogens with one attached hydrogen (secondary N) is 1. The standard InChI is InChI=1S/C18H26BrNO/c1-13-9-14(2)16(15(3)10-13)17(21)20-12-18(11-19)7-5-4-6-8-18/h9-10H,4-8,11-12H2,1-3H3,(H,20,21). The van der Waals surface area contributed by atoms with Gasteiger partial charge in [-0.05, 0) is 50.2 Å². The number of halogens is 1. The highest BCUT2D eigenvalue weighted by molar-refractivity contribution is 9.09. The predicted octanol–water partition coefficient (Wildman–Crippen LogP) is 4.69. The molecule has 0 radical (unpaired) electrons. The van der Waals surface area contributed by atoms with E-state index in [0.717, 1.165) is 28.6 Å². The summed E-state index contributed by atoms with van der Waals surface area (Å²) < 4.78 is 0. The second-order valence-corrected chi connectivity index (χ2v) is 7.21. The van der Waals surface area contributed by atoms with Crippen molar-refractivity contribution in [2.45, 2.75) is 52.9 Å². The van der Waals surface area contributed by atoms with Gasteiger partial charge in [0, 0.05) is 17.4 Å². The largest absolute Gasteiger partial charge is 0.351 e. The maximum absolute atomic E-state index is 12.6. The first-order chi connectivity index (χ1) is 9.97. The topological polar surface area (TPSA) is 29.1 Å². The Morgan fingerprint density at radius 3 is 2.24 bits per heavy atom. The second kappa shape index (κ2) is 6.95. The molecule has 1 saturated carbocycles. The number of amides is 1. The first kappa shape index (κ1) is 16.5. The van der Waals surface area contributed by atoms with Crippen molar-refractivity contribution in [2.24, 2.45) is 5.41 Å². The average Bonchev–Trinajstić information content (AvgIpc) is 2.45. The molecule has 1 aromatic rings. The summed E-state index contributed by atoms with van der Waals surface area (Å²) >= 11 is 3.66. The number of alkyl halides is 1. The van der Waals surface area contributed by atoms with Crippen LogP contribution in [0.15, 0.2) is 12.1 Å². The van der Waals surface area contributed by atoms with Crippen molar-refractivity contribution in [2.75, 3.05) is 11.9 Å². The minimum atomic E-state index is 0.0795. The van der Waals surface area contributed by atoms with Gasteiger partial charge in [-0.25, -0.2) is 0 Å². The first-order valence-electron chi connectivity index (χ1n) is 7.89. The Balaban J connectivity index is 2.08. The van der Waals surface area contributed by atoms with Crippen LogP contribution < -0.4 is 5.32 Å². The molecule has 0 unspecified atom stereocenters. The van der Waals surface area contributed by atoms with Crippen LogP contribution in [0.25, 0.3) is 0 Å². The fraction of sp³-hybridized carbons (Fsp3) is 0.611. The molecule has 0 atom stereocenters. The molecule has 21 heavy (non-hydrogen) atoms. The van der Waals surface area contributed by atoms with E-state index in [1.54, 1.807) is 0 Å². The maximum Gasteiger partial charge on any atom is 0.251 e. The van der Waals surface area contributed by atoms with Crippen LogP contribution >= 0.6 is 15.9 Å². The minimum absolute atomic E-state index is 0.0795. The van der Waals surface area contributed by atoms with E-state index < -0.39 is 0 Å². The Kier molecular flexibility index (Phi) is 5.48. The highest BCUT2D eigenvalue weighted by Crippen LogP contribution is 2.37. The zero-order valence-electron chi connectivity index (χ0n) is 13.4. The molecule has 0 spiro atoms. The summed E-state index contributed by atoms with van der Waals surface area (Å²) in [6.07, 6.45) is 6.32. The molecule has 116 valence electrons. The lowest BCUT2D eigenvalue weighted by atomic mass is 9.75. The Morgan fingerprint density at radius 1 is 1.14 bits per heavy atom. The maximum atomic E-state index is 12.6. The van der Waals surface area contributed by atoms with Crippen molar-refractivity contribution < 1.29 is 4.79 Å². The normalized spacial score (nSPS) is 17.5. The van der Waals surface area contributed by atoms with Crippen LogP contribution in [0.5, 0.6) is 0 Å². The lowest BCUT2D eigenvalue weighted by Gasteiger charge is -2.36. The van der Waals surface area contributed by atoms with Crippen LogP contribution in [0.3, 0.4) is 0 Å². The number of benzene rings is 1. The highest BCUT2D eigenvalue weighted by atomic mass is 79.9. The van der Waals surface area contributed by atoms with E-state index in [-0.39, 0.29) is 11.3 Å². The molecule has 1 aromatic carbocycles.